The van der Waals surface area contributed by atoms with Gasteiger partial charge in [-0.3, -0.25) is 14.5 Å². The molecule has 0 saturated heterocycles. The van der Waals surface area contributed by atoms with Crippen molar-refractivity contribution in [2.45, 2.75) is 11.8 Å². The van der Waals surface area contributed by atoms with Crippen molar-refractivity contribution in [2.75, 3.05) is 4.72 Å². The molecule has 2 aromatic carbocycles. The van der Waals surface area contributed by atoms with E-state index in [0.717, 1.165) is 11.1 Å². The normalized spacial score (nSPS) is 11.1. The van der Waals surface area contributed by atoms with Crippen LogP contribution < -0.4 is 4.72 Å². The maximum absolute atomic E-state index is 12.8. The fraction of sp³-hybridized carbons (Fsp3) is 0.0476. The molecule has 0 radical (unpaired) electrons. The Hall–Kier alpha value is -2.96. The number of hydrogen-bond donors (Lipinski definition) is 1. The molecule has 0 atom stereocenters. The highest BCUT2D eigenvalue weighted by molar-refractivity contribution is 7.92. The predicted octanol–water partition coefficient (Wildman–Crippen LogP) is 4.80. The number of nitrogens with zero attached hydrogens (tertiary/aromatic N) is 1. The number of ketones is 1. The van der Waals surface area contributed by atoms with Crippen molar-refractivity contribution in [1.82, 2.24) is 4.98 Å². The Morgan fingerprint density at radius 3 is 2.25 bits per heavy atom. The number of hydrogen-bond acceptors (Lipinski definition) is 4. The molecule has 3 aromatic rings. The minimum atomic E-state index is -3.89. The summed E-state index contributed by atoms with van der Waals surface area (Å²) in [5.74, 6) is -0.361. The van der Waals surface area contributed by atoms with Crippen molar-refractivity contribution >= 4 is 38.7 Å². The minimum absolute atomic E-state index is 0.0785. The predicted molar refractivity (Wildman–Crippen MR) is 111 cm³/mol. The van der Waals surface area contributed by atoms with E-state index in [1.54, 1.807) is 24.3 Å². The summed E-state index contributed by atoms with van der Waals surface area (Å²) in [7, 11) is -3.89. The average molecular weight is 413 g/mol. The molecule has 0 bridgehead atoms. The molecule has 1 aromatic heterocycles. The first-order valence-electron chi connectivity index (χ1n) is 8.31. The lowest BCUT2D eigenvalue weighted by Gasteiger charge is -2.13. The van der Waals surface area contributed by atoms with E-state index in [9.17, 15) is 13.2 Å². The van der Waals surface area contributed by atoms with E-state index in [0.29, 0.717) is 10.6 Å². The summed E-state index contributed by atoms with van der Waals surface area (Å²) >= 11 is 6.03. The van der Waals surface area contributed by atoms with Crippen LogP contribution in [0.4, 0.5) is 5.69 Å². The Bertz CT molecular complexity index is 1140. The number of nitrogens with one attached hydrogen (secondary N) is 1. The molecule has 0 amide bonds. The van der Waals surface area contributed by atoms with Gasteiger partial charge in [0.1, 0.15) is 0 Å². The summed E-state index contributed by atoms with van der Waals surface area (Å²) in [6.07, 6.45) is 2.98. The third kappa shape index (κ3) is 4.30. The second kappa shape index (κ2) is 7.96. The van der Waals surface area contributed by atoms with Gasteiger partial charge in [0.2, 0.25) is 0 Å². The molecule has 142 valence electrons. The third-order valence-electron chi connectivity index (χ3n) is 4.07. The standard InChI is InChI=1S/C21H17ClN2O3S/c1-14(2)15-3-6-18(7-4-15)28(26,27)24-20-8-5-17(22)13-19(20)21(25)16-9-11-23-12-10-16/h3-13,24H,1H2,2H3. The molecule has 0 spiro atoms. The number of carbonyl (C=O) groups is 1. The summed E-state index contributed by atoms with van der Waals surface area (Å²) in [6, 6.07) is 13.9. The number of halogens is 1. The molecule has 5 nitrogen and oxygen atoms in total. The van der Waals surface area contributed by atoms with E-state index in [-0.39, 0.29) is 21.9 Å². The van der Waals surface area contributed by atoms with Crippen LogP contribution in [0, 0.1) is 0 Å². The van der Waals surface area contributed by atoms with E-state index < -0.39 is 10.0 Å². The zero-order chi connectivity index (χ0) is 20.3. The largest absolute Gasteiger partial charge is 0.289 e. The number of pyridine rings is 1. The number of aromatic nitrogens is 1. The Balaban J connectivity index is 1.98. The van der Waals surface area contributed by atoms with Gasteiger partial charge in [0.15, 0.2) is 5.78 Å². The first-order valence-corrected chi connectivity index (χ1v) is 10.2. The first kappa shape index (κ1) is 19.8. The average Bonchev–Trinajstić information content (AvgIpc) is 2.69. The Morgan fingerprint density at radius 1 is 1.00 bits per heavy atom. The van der Waals surface area contributed by atoms with Crippen molar-refractivity contribution in [3.8, 4) is 0 Å². The summed E-state index contributed by atoms with van der Waals surface area (Å²) < 4.78 is 28.1. The molecule has 0 unspecified atom stereocenters. The summed E-state index contributed by atoms with van der Waals surface area (Å²) in [6.45, 7) is 5.67. The molecule has 1 heterocycles. The highest BCUT2D eigenvalue weighted by Crippen LogP contribution is 2.26. The molecular formula is C21H17ClN2O3S. The molecule has 0 aliphatic heterocycles. The molecule has 3 rings (SSSR count). The number of rotatable bonds is 6. The molecule has 7 heteroatoms. The van der Waals surface area contributed by atoms with E-state index in [4.69, 9.17) is 11.6 Å². The van der Waals surface area contributed by atoms with E-state index >= 15 is 0 Å². The van der Waals surface area contributed by atoms with Gasteiger partial charge in [-0.25, -0.2) is 8.42 Å². The number of benzene rings is 2. The quantitative estimate of drug-likeness (QED) is 0.590. The number of sulfonamides is 1. The second-order valence-electron chi connectivity index (χ2n) is 6.17. The van der Waals surface area contributed by atoms with Crippen LogP contribution in [0.5, 0.6) is 0 Å². The molecule has 0 fully saturated rings. The maximum Gasteiger partial charge on any atom is 0.261 e. The van der Waals surface area contributed by atoms with Crippen LogP contribution in [0.25, 0.3) is 5.57 Å². The molecular weight excluding hydrogens is 396 g/mol. The van der Waals surface area contributed by atoms with Crippen LogP contribution in [0.1, 0.15) is 28.4 Å². The lowest BCUT2D eigenvalue weighted by molar-refractivity contribution is 0.103. The topological polar surface area (TPSA) is 76.1 Å². The Labute approximate surface area is 168 Å². The van der Waals surface area contributed by atoms with Crippen LogP contribution in [0.3, 0.4) is 0 Å². The summed E-state index contributed by atoms with van der Waals surface area (Å²) in [5.41, 5.74) is 2.36. The number of carbonyl (C=O) groups excluding carboxylic acids is 1. The van der Waals surface area contributed by atoms with Gasteiger partial charge in [-0.1, -0.05) is 35.9 Å². The Morgan fingerprint density at radius 2 is 1.64 bits per heavy atom. The van der Waals surface area contributed by atoms with Crippen LogP contribution in [-0.2, 0) is 10.0 Å². The van der Waals surface area contributed by atoms with Crippen LogP contribution in [0.2, 0.25) is 5.02 Å². The maximum atomic E-state index is 12.8. The molecule has 1 N–H and O–H groups in total. The van der Waals surface area contributed by atoms with E-state index in [2.05, 4.69) is 16.3 Å². The third-order valence-corrected chi connectivity index (χ3v) is 5.69. The van der Waals surface area contributed by atoms with Crippen LogP contribution in [-0.4, -0.2) is 19.2 Å². The van der Waals surface area contributed by atoms with Gasteiger partial charge in [-0.05, 0) is 55.0 Å². The first-order chi connectivity index (χ1) is 13.3. The SMILES string of the molecule is C=C(C)c1ccc(S(=O)(=O)Nc2ccc(Cl)cc2C(=O)c2ccncc2)cc1. The van der Waals surface area contributed by atoms with Gasteiger partial charge < -0.3 is 0 Å². The summed E-state index contributed by atoms with van der Waals surface area (Å²) in [4.78, 5) is 16.8. The van der Waals surface area contributed by atoms with Gasteiger partial charge in [0.25, 0.3) is 10.0 Å². The molecule has 0 saturated carbocycles. The zero-order valence-electron chi connectivity index (χ0n) is 15.0. The van der Waals surface area contributed by atoms with Gasteiger partial charge in [0.05, 0.1) is 10.6 Å². The van der Waals surface area contributed by atoms with Gasteiger partial charge in [-0.2, -0.15) is 0 Å². The lowest BCUT2D eigenvalue weighted by Crippen LogP contribution is -2.16. The van der Waals surface area contributed by atoms with Crippen molar-refractivity contribution in [3.63, 3.8) is 0 Å². The van der Waals surface area contributed by atoms with Gasteiger partial charge >= 0.3 is 0 Å². The molecule has 28 heavy (non-hydrogen) atoms. The molecule has 0 aliphatic carbocycles. The van der Waals surface area contributed by atoms with E-state index in [1.807, 2.05) is 6.92 Å². The van der Waals surface area contributed by atoms with Crippen LogP contribution in [0.15, 0.2) is 78.5 Å². The Kier molecular flexibility index (Phi) is 5.63. The second-order valence-corrected chi connectivity index (χ2v) is 8.28. The lowest BCUT2D eigenvalue weighted by atomic mass is 10.0. The fourth-order valence-electron chi connectivity index (χ4n) is 2.57. The fourth-order valence-corrected chi connectivity index (χ4v) is 3.83. The van der Waals surface area contributed by atoms with E-state index in [1.165, 1.54) is 42.7 Å². The van der Waals surface area contributed by atoms with Crippen LogP contribution >= 0.6 is 11.6 Å². The number of anilines is 1. The highest BCUT2D eigenvalue weighted by Gasteiger charge is 2.20. The molecule has 0 aliphatic rings. The minimum Gasteiger partial charge on any atom is -0.289 e. The monoisotopic (exact) mass is 412 g/mol. The van der Waals surface area contributed by atoms with Crippen molar-refractivity contribution in [1.29, 1.82) is 0 Å². The zero-order valence-corrected chi connectivity index (χ0v) is 16.6. The number of allylic oxidation sites excluding steroid dienone is 1. The summed E-state index contributed by atoms with van der Waals surface area (Å²) in [5, 5.41) is 0.325. The van der Waals surface area contributed by atoms with Gasteiger partial charge in [0, 0.05) is 28.5 Å². The van der Waals surface area contributed by atoms with Crippen molar-refractivity contribution < 1.29 is 13.2 Å². The smallest absolute Gasteiger partial charge is 0.261 e. The van der Waals surface area contributed by atoms with Gasteiger partial charge in [-0.15, -0.1) is 0 Å². The van der Waals surface area contributed by atoms with Crippen molar-refractivity contribution in [3.05, 3.63) is 95.3 Å². The van der Waals surface area contributed by atoms with Crippen molar-refractivity contribution in [2.24, 2.45) is 0 Å². The highest BCUT2D eigenvalue weighted by atomic mass is 35.5.